The lowest BCUT2D eigenvalue weighted by molar-refractivity contribution is 0.0996. The van der Waals surface area contributed by atoms with Gasteiger partial charge in [0.05, 0.1) is 12.7 Å². The molecule has 0 heterocycles. The summed E-state index contributed by atoms with van der Waals surface area (Å²) < 4.78 is 11.1. The van der Waals surface area contributed by atoms with Crippen molar-refractivity contribution < 1.29 is 19.4 Å². The maximum absolute atomic E-state index is 11.6. The van der Waals surface area contributed by atoms with Crippen LogP contribution in [0.15, 0.2) is 24.3 Å². The van der Waals surface area contributed by atoms with Crippen molar-refractivity contribution in [3.8, 4) is 17.2 Å². The maximum atomic E-state index is 11.6. The lowest BCUT2D eigenvalue weighted by atomic mass is 9.83. The van der Waals surface area contributed by atoms with Crippen LogP contribution in [0.2, 0.25) is 0 Å². The first-order valence-corrected chi connectivity index (χ1v) is 8.49. The molecule has 0 atom stereocenters. The summed E-state index contributed by atoms with van der Waals surface area (Å²) in [7, 11) is 1.54. The molecule has 5 nitrogen and oxygen atoms in total. The Hall–Kier alpha value is -2.69. The summed E-state index contributed by atoms with van der Waals surface area (Å²) in [6.45, 7) is 10.3. The molecule has 0 aliphatic carbocycles. The lowest BCUT2D eigenvalue weighted by Gasteiger charge is -2.24. The van der Waals surface area contributed by atoms with Gasteiger partial charge in [0.25, 0.3) is 5.91 Å². The molecule has 0 saturated heterocycles. The molecule has 0 spiro atoms. The molecule has 140 valence electrons. The number of rotatable bonds is 5. The van der Waals surface area contributed by atoms with Gasteiger partial charge < -0.3 is 20.3 Å². The Bertz CT molecular complexity index is 835. The molecule has 0 fully saturated rings. The number of phenols is 1. The first-order valence-electron chi connectivity index (χ1n) is 8.49. The fourth-order valence-corrected chi connectivity index (χ4v) is 2.91. The van der Waals surface area contributed by atoms with E-state index < -0.39 is 5.91 Å². The Balaban J connectivity index is 2.39. The lowest BCUT2D eigenvalue weighted by Crippen LogP contribution is -2.15. The normalized spacial score (nSPS) is 11.3. The first-order chi connectivity index (χ1) is 12.1. The van der Waals surface area contributed by atoms with Crippen LogP contribution in [0.3, 0.4) is 0 Å². The van der Waals surface area contributed by atoms with E-state index in [1.165, 1.54) is 0 Å². The van der Waals surface area contributed by atoms with E-state index in [-0.39, 0.29) is 23.3 Å². The van der Waals surface area contributed by atoms with E-state index in [9.17, 15) is 9.90 Å². The number of hydrogen-bond acceptors (Lipinski definition) is 4. The zero-order chi connectivity index (χ0) is 19.6. The Kier molecular flexibility index (Phi) is 5.50. The molecule has 5 heteroatoms. The van der Waals surface area contributed by atoms with Crippen molar-refractivity contribution in [2.75, 3.05) is 7.11 Å². The van der Waals surface area contributed by atoms with E-state index in [0.29, 0.717) is 11.5 Å². The van der Waals surface area contributed by atoms with E-state index in [0.717, 1.165) is 22.3 Å². The van der Waals surface area contributed by atoms with Crippen molar-refractivity contribution in [3.63, 3.8) is 0 Å². The van der Waals surface area contributed by atoms with Gasteiger partial charge in [0.15, 0.2) is 0 Å². The highest BCUT2D eigenvalue weighted by Crippen LogP contribution is 2.37. The average molecular weight is 357 g/mol. The number of hydrogen-bond donors (Lipinski definition) is 2. The van der Waals surface area contributed by atoms with Crippen LogP contribution in [-0.4, -0.2) is 18.1 Å². The summed E-state index contributed by atoms with van der Waals surface area (Å²) in [6, 6.07) is 6.86. The topological polar surface area (TPSA) is 81.8 Å². The molecule has 0 saturated carbocycles. The van der Waals surface area contributed by atoms with E-state index in [4.69, 9.17) is 15.2 Å². The van der Waals surface area contributed by atoms with Crippen LogP contribution >= 0.6 is 0 Å². The molecule has 2 aromatic carbocycles. The summed E-state index contributed by atoms with van der Waals surface area (Å²) >= 11 is 0. The van der Waals surface area contributed by atoms with Gasteiger partial charge >= 0.3 is 0 Å². The number of benzene rings is 2. The number of nitrogens with two attached hydrogens (primary N) is 1. The standard InChI is InChI=1S/C21H27NO4/c1-12-9-17(21(3,4)5)19(23)13(2)16(12)11-26-18-10-14(25-6)7-8-15(18)20(22)24/h7-10,23H,11H2,1-6H3,(H2,22,24). The number of aryl methyl sites for hydroxylation is 1. The summed E-state index contributed by atoms with van der Waals surface area (Å²) in [6.07, 6.45) is 0. The summed E-state index contributed by atoms with van der Waals surface area (Å²) in [4.78, 5) is 11.6. The molecule has 2 aromatic rings. The Labute approximate surface area is 154 Å². The van der Waals surface area contributed by atoms with Crippen LogP contribution in [0.1, 0.15) is 53.4 Å². The second-order valence-electron chi connectivity index (χ2n) is 7.46. The smallest absolute Gasteiger partial charge is 0.252 e. The van der Waals surface area contributed by atoms with E-state index in [2.05, 4.69) is 20.8 Å². The predicted molar refractivity (Wildman–Crippen MR) is 102 cm³/mol. The fraction of sp³-hybridized carbons (Fsp3) is 0.381. The molecule has 26 heavy (non-hydrogen) atoms. The zero-order valence-corrected chi connectivity index (χ0v) is 16.3. The van der Waals surface area contributed by atoms with Gasteiger partial charge in [-0.1, -0.05) is 26.8 Å². The molecule has 0 aliphatic rings. The van der Waals surface area contributed by atoms with Gasteiger partial charge in [0, 0.05) is 6.07 Å². The number of carbonyl (C=O) groups excluding carboxylic acids is 1. The van der Waals surface area contributed by atoms with E-state index in [1.54, 1.807) is 25.3 Å². The van der Waals surface area contributed by atoms with Crippen LogP contribution in [0.5, 0.6) is 17.2 Å². The number of amides is 1. The second-order valence-corrected chi connectivity index (χ2v) is 7.46. The third kappa shape index (κ3) is 3.93. The van der Waals surface area contributed by atoms with Crippen LogP contribution in [-0.2, 0) is 12.0 Å². The summed E-state index contributed by atoms with van der Waals surface area (Å²) in [5.74, 6) is 0.643. The third-order valence-electron chi connectivity index (χ3n) is 4.53. The average Bonchev–Trinajstić information content (AvgIpc) is 2.56. The highest BCUT2D eigenvalue weighted by Gasteiger charge is 2.22. The number of phenolic OH excluding ortho intramolecular Hbond substituents is 1. The Morgan fingerprint density at radius 1 is 1.19 bits per heavy atom. The van der Waals surface area contributed by atoms with Crippen molar-refractivity contribution in [2.45, 2.75) is 46.6 Å². The van der Waals surface area contributed by atoms with Crippen LogP contribution in [0, 0.1) is 13.8 Å². The van der Waals surface area contributed by atoms with Crippen molar-refractivity contribution in [2.24, 2.45) is 5.73 Å². The van der Waals surface area contributed by atoms with Gasteiger partial charge in [-0.3, -0.25) is 4.79 Å². The van der Waals surface area contributed by atoms with Gasteiger partial charge in [-0.2, -0.15) is 0 Å². The van der Waals surface area contributed by atoms with Gasteiger partial charge in [-0.15, -0.1) is 0 Å². The number of aromatic hydroxyl groups is 1. The minimum atomic E-state index is -0.568. The molecule has 3 N–H and O–H groups in total. The fourth-order valence-electron chi connectivity index (χ4n) is 2.91. The molecule has 2 rings (SSSR count). The van der Waals surface area contributed by atoms with Crippen molar-refractivity contribution in [3.05, 3.63) is 52.1 Å². The second kappa shape index (κ2) is 7.28. The maximum Gasteiger partial charge on any atom is 0.252 e. The van der Waals surface area contributed by atoms with Crippen LogP contribution in [0.4, 0.5) is 0 Å². The number of primary amides is 1. The monoisotopic (exact) mass is 357 g/mol. The van der Waals surface area contributed by atoms with Gasteiger partial charge in [-0.25, -0.2) is 0 Å². The highest BCUT2D eigenvalue weighted by molar-refractivity contribution is 5.95. The van der Waals surface area contributed by atoms with Gasteiger partial charge in [-0.05, 0) is 53.6 Å². The number of methoxy groups -OCH3 is 1. The Morgan fingerprint density at radius 2 is 1.85 bits per heavy atom. The molecule has 0 bridgehead atoms. The van der Waals surface area contributed by atoms with Crippen molar-refractivity contribution in [1.29, 1.82) is 0 Å². The third-order valence-corrected chi connectivity index (χ3v) is 4.53. The van der Waals surface area contributed by atoms with Gasteiger partial charge in [0.1, 0.15) is 23.9 Å². The number of carbonyl (C=O) groups is 1. The van der Waals surface area contributed by atoms with E-state index >= 15 is 0 Å². The van der Waals surface area contributed by atoms with Crippen molar-refractivity contribution in [1.82, 2.24) is 0 Å². The van der Waals surface area contributed by atoms with E-state index in [1.807, 2.05) is 19.9 Å². The molecule has 0 radical (unpaired) electrons. The zero-order valence-electron chi connectivity index (χ0n) is 16.3. The minimum absolute atomic E-state index is 0.162. The molecule has 0 aliphatic heterocycles. The molecular weight excluding hydrogens is 330 g/mol. The molecule has 1 amide bonds. The summed E-state index contributed by atoms with van der Waals surface area (Å²) in [5, 5.41) is 10.6. The molecule has 0 unspecified atom stereocenters. The predicted octanol–water partition coefficient (Wildman–Crippen LogP) is 3.99. The van der Waals surface area contributed by atoms with Crippen LogP contribution < -0.4 is 15.2 Å². The summed E-state index contributed by atoms with van der Waals surface area (Å²) in [5.41, 5.74) is 9.13. The quantitative estimate of drug-likeness (QED) is 0.847. The highest BCUT2D eigenvalue weighted by atomic mass is 16.5. The Morgan fingerprint density at radius 3 is 2.38 bits per heavy atom. The largest absolute Gasteiger partial charge is 0.507 e. The number of ether oxygens (including phenoxy) is 2. The van der Waals surface area contributed by atoms with Gasteiger partial charge in [0.2, 0.25) is 0 Å². The SMILES string of the molecule is COc1ccc(C(N)=O)c(OCc2c(C)cc(C(C)(C)C)c(O)c2C)c1. The van der Waals surface area contributed by atoms with Crippen molar-refractivity contribution >= 4 is 5.91 Å². The molecular formula is C21H27NO4. The molecule has 0 aromatic heterocycles. The first kappa shape index (κ1) is 19.6. The minimum Gasteiger partial charge on any atom is -0.507 e. The van der Waals surface area contributed by atoms with Crippen LogP contribution in [0.25, 0.3) is 0 Å².